The molecular weight excluding hydrogens is 861 g/mol. The van der Waals surface area contributed by atoms with Gasteiger partial charge in [0.15, 0.2) is 0 Å². The monoisotopic (exact) mass is 898 g/mol. The zero-order chi connectivity index (χ0) is 45.9. The lowest BCUT2D eigenvalue weighted by Crippen LogP contribution is -2.25. The Morgan fingerprint density at radius 1 is 0.268 bits per heavy atom. The molecule has 3 aromatic heterocycles. The van der Waals surface area contributed by atoms with Gasteiger partial charge < -0.3 is 14.4 Å². The Morgan fingerprint density at radius 3 is 1.35 bits per heavy atom. The van der Waals surface area contributed by atoms with Gasteiger partial charge in [-0.2, -0.15) is 0 Å². The van der Waals surface area contributed by atoms with Crippen molar-refractivity contribution >= 4 is 65.6 Å². The molecule has 2 spiro atoms. The van der Waals surface area contributed by atoms with Crippen molar-refractivity contribution in [2.75, 3.05) is 0 Å². The van der Waals surface area contributed by atoms with Gasteiger partial charge in [0.05, 0.1) is 27.4 Å². The van der Waals surface area contributed by atoms with Crippen LogP contribution in [0.1, 0.15) is 44.5 Å². The molecule has 71 heavy (non-hydrogen) atoms. The molecule has 0 bridgehead atoms. The summed E-state index contributed by atoms with van der Waals surface area (Å²) in [4.78, 5) is 8.04. The van der Waals surface area contributed by atoms with E-state index in [0.29, 0.717) is 0 Å². The first-order valence-electron chi connectivity index (χ1n) is 24.8. The highest BCUT2D eigenvalue weighted by atomic mass is 16.3. The summed E-state index contributed by atoms with van der Waals surface area (Å²) >= 11 is 0. The van der Waals surface area contributed by atoms with Gasteiger partial charge in [-0.3, -0.25) is 0 Å². The maximum absolute atomic E-state index is 6.39. The second-order valence-corrected chi connectivity index (χ2v) is 20.3. The maximum atomic E-state index is 6.39. The minimum Gasteiger partial charge on any atom is -0.456 e. The van der Waals surface area contributed by atoms with Crippen molar-refractivity contribution in [2.24, 2.45) is 0 Å². The second-order valence-electron chi connectivity index (χ2n) is 20.3. The van der Waals surface area contributed by atoms with Crippen LogP contribution in [0.5, 0.6) is 0 Å². The minimum atomic E-state index is -0.504. The smallest absolute Gasteiger partial charge is 0.137 e. The minimum absolute atomic E-state index is 0.386. The summed E-state index contributed by atoms with van der Waals surface area (Å²) in [6.07, 6.45) is 0. The van der Waals surface area contributed by atoms with Crippen molar-refractivity contribution in [3.05, 3.63) is 263 Å². The largest absolute Gasteiger partial charge is 0.456 e. The van der Waals surface area contributed by atoms with Crippen LogP contribution in [-0.4, -0.2) is 9.97 Å². The number of H-pyrrole nitrogens is 2. The molecule has 3 heterocycles. The lowest BCUT2D eigenvalue weighted by molar-refractivity contribution is 0.669. The van der Waals surface area contributed by atoms with Gasteiger partial charge in [-0.25, -0.2) is 0 Å². The molecule has 1 unspecified atom stereocenters. The summed E-state index contributed by atoms with van der Waals surface area (Å²) in [5.41, 5.74) is 29.2. The van der Waals surface area contributed by atoms with E-state index in [1.807, 2.05) is 6.07 Å². The van der Waals surface area contributed by atoms with Crippen molar-refractivity contribution in [1.29, 1.82) is 0 Å². The number of para-hydroxylation sites is 1. The number of aromatic nitrogens is 2. The summed E-state index contributed by atoms with van der Waals surface area (Å²) in [6, 6.07) is 82.2. The van der Waals surface area contributed by atoms with Crippen LogP contribution in [0.2, 0.25) is 0 Å². The molecule has 0 fully saturated rings. The molecule has 4 aliphatic rings. The van der Waals surface area contributed by atoms with E-state index in [1.54, 1.807) is 0 Å². The number of nitrogens with one attached hydrogen (secondary N) is 2. The molecule has 0 aliphatic heterocycles. The maximum Gasteiger partial charge on any atom is 0.137 e. The topological polar surface area (TPSA) is 44.7 Å². The number of fused-ring (bicyclic) bond motifs is 31. The summed E-state index contributed by atoms with van der Waals surface area (Å²) in [7, 11) is 0. The lowest BCUT2D eigenvalue weighted by Gasteiger charge is -2.30. The fourth-order valence-corrected chi connectivity index (χ4v) is 14.8. The van der Waals surface area contributed by atoms with Gasteiger partial charge in [0.2, 0.25) is 0 Å². The van der Waals surface area contributed by atoms with Gasteiger partial charge in [-0.05, 0) is 107 Å². The summed E-state index contributed by atoms with van der Waals surface area (Å²) in [5.74, 6) is 0. The Labute approximate surface area is 407 Å². The van der Waals surface area contributed by atoms with E-state index >= 15 is 0 Å². The Kier molecular flexibility index (Phi) is 6.49. The van der Waals surface area contributed by atoms with Crippen molar-refractivity contribution in [3.8, 4) is 55.6 Å². The van der Waals surface area contributed by atoms with Crippen LogP contribution in [0.3, 0.4) is 0 Å². The molecule has 4 aliphatic carbocycles. The van der Waals surface area contributed by atoms with Crippen molar-refractivity contribution in [3.63, 3.8) is 0 Å². The number of benzene rings is 11. The summed E-state index contributed by atoms with van der Waals surface area (Å²) < 4.78 is 6.39. The van der Waals surface area contributed by atoms with Crippen LogP contribution in [0.15, 0.2) is 223 Å². The Balaban J connectivity index is 0.850. The molecule has 2 N–H and O–H groups in total. The predicted octanol–water partition coefficient (Wildman–Crippen LogP) is 17.2. The molecule has 0 saturated heterocycles. The van der Waals surface area contributed by atoms with E-state index in [9.17, 15) is 0 Å². The molecule has 0 saturated carbocycles. The average Bonchev–Trinajstić information content (AvgIpc) is 4.32. The van der Waals surface area contributed by atoms with Crippen LogP contribution in [-0.2, 0) is 10.8 Å². The van der Waals surface area contributed by atoms with Crippen molar-refractivity contribution in [2.45, 2.75) is 10.8 Å². The number of rotatable bonds is 1. The van der Waals surface area contributed by atoms with Crippen LogP contribution in [0.4, 0.5) is 0 Å². The second kappa shape index (κ2) is 12.5. The highest BCUT2D eigenvalue weighted by Gasteiger charge is 2.54. The standard InChI is InChI=1S/C68H38N2O/c1-7-21-50-39(14-1)40-15-2-8-22-51(40)67(50)53-24-10-4-18-46(53)63-56(67)32-30-43-41-29-28-37(34-58(41)69-65(43)63)38-20-13-26-55-62(38)45-17-3-9-23-52(45)68(55)54-25-11-5-19-47(54)64-57(68)33-31-44-48-35-49-42-16-6-12-27-60(42)71-61(49)36-59(48)70-66(44)64/h1-36,69-70H. The van der Waals surface area contributed by atoms with E-state index < -0.39 is 5.41 Å². The first-order chi connectivity index (χ1) is 35.2. The third kappa shape index (κ3) is 4.13. The highest BCUT2D eigenvalue weighted by molar-refractivity contribution is 6.20. The molecule has 1 atom stereocenters. The van der Waals surface area contributed by atoms with Gasteiger partial charge in [0, 0.05) is 55.0 Å². The van der Waals surface area contributed by atoms with Gasteiger partial charge in [0.25, 0.3) is 0 Å². The summed E-state index contributed by atoms with van der Waals surface area (Å²) in [5, 5.41) is 7.23. The number of hydrogen-bond acceptors (Lipinski definition) is 1. The molecule has 326 valence electrons. The SMILES string of the molecule is c1ccc2c(c1)-c1ccccc1C21c2ccccc2-c2c1ccc1c2[nH]c2cc(-c3cccc4c3-c3ccccc3C43c4ccccc4-c4c3ccc3c4[nH]c4cc5oc6ccccc6c5cc43)ccc21. The molecule has 14 aromatic rings. The quantitative estimate of drug-likeness (QED) is 0.169. The van der Waals surface area contributed by atoms with Crippen molar-refractivity contribution < 1.29 is 4.42 Å². The molecule has 3 nitrogen and oxygen atoms in total. The third-order valence-electron chi connectivity index (χ3n) is 17.4. The number of aromatic amines is 2. The molecule has 11 aromatic carbocycles. The van der Waals surface area contributed by atoms with E-state index in [-0.39, 0.29) is 5.41 Å². The molecule has 18 rings (SSSR count). The van der Waals surface area contributed by atoms with E-state index in [0.717, 1.165) is 33.0 Å². The molecule has 0 amide bonds. The Hall–Kier alpha value is -9.18. The van der Waals surface area contributed by atoms with Gasteiger partial charge >= 0.3 is 0 Å². The van der Waals surface area contributed by atoms with Gasteiger partial charge in [-0.15, -0.1) is 0 Å². The van der Waals surface area contributed by atoms with E-state index in [1.165, 1.54) is 133 Å². The van der Waals surface area contributed by atoms with E-state index in [4.69, 9.17) is 4.42 Å². The first-order valence-corrected chi connectivity index (χ1v) is 24.8. The molecular formula is C68H38N2O. The number of hydrogen-bond donors (Lipinski definition) is 2. The zero-order valence-corrected chi connectivity index (χ0v) is 38.2. The predicted molar refractivity (Wildman–Crippen MR) is 290 cm³/mol. The van der Waals surface area contributed by atoms with Crippen LogP contribution in [0.25, 0.3) is 121 Å². The fraction of sp³-hybridized carbons (Fsp3) is 0.0294. The van der Waals surface area contributed by atoms with E-state index in [2.05, 4.69) is 222 Å². The van der Waals surface area contributed by atoms with Crippen LogP contribution in [0, 0.1) is 0 Å². The normalized spacial score (nSPS) is 16.1. The van der Waals surface area contributed by atoms with Gasteiger partial charge in [-0.1, -0.05) is 194 Å². The summed E-state index contributed by atoms with van der Waals surface area (Å²) in [6.45, 7) is 0. The zero-order valence-electron chi connectivity index (χ0n) is 38.2. The van der Waals surface area contributed by atoms with Crippen LogP contribution < -0.4 is 0 Å². The number of furan rings is 1. The Morgan fingerprint density at radius 2 is 0.718 bits per heavy atom. The average molecular weight is 899 g/mol. The first kappa shape index (κ1) is 36.8. The van der Waals surface area contributed by atoms with Crippen molar-refractivity contribution in [1.82, 2.24) is 9.97 Å². The lowest BCUT2D eigenvalue weighted by atomic mass is 9.70. The third-order valence-corrected chi connectivity index (χ3v) is 17.4. The molecule has 3 heteroatoms. The fourth-order valence-electron chi connectivity index (χ4n) is 14.8. The highest BCUT2D eigenvalue weighted by Crippen LogP contribution is 2.66. The van der Waals surface area contributed by atoms with Gasteiger partial charge in [0.1, 0.15) is 11.2 Å². The Bertz CT molecular complexity index is 4740. The van der Waals surface area contributed by atoms with Crippen LogP contribution >= 0.6 is 0 Å². The molecule has 0 radical (unpaired) electrons.